The Labute approximate surface area is 333 Å². The molecule has 0 bridgehead atoms. The molecule has 4 nitrogen and oxygen atoms in total. The molecule has 0 saturated carbocycles. The fraction of sp³-hybridized carbons (Fsp3) is 0. The zero-order chi connectivity index (χ0) is 38.2. The molecule has 0 aliphatic heterocycles. The van der Waals surface area contributed by atoms with Crippen LogP contribution in [0, 0.1) is 0 Å². The first-order valence-electron chi connectivity index (χ1n) is 19.6. The highest BCUT2D eigenvalue weighted by atomic mass is 16.3. The summed E-state index contributed by atoms with van der Waals surface area (Å²) in [6, 6.07) is 70.1. The smallest absolute Gasteiger partial charge is 0.143 e. The molecule has 0 fully saturated rings. The molecule has 0 unspecified atom stereocenters. The predicted octanol–water partition coefficient (Wildman–Crippen LogP) is 15.9. The topological polar surface area (TPSA) is 42.7 Å². The Balaban J connectivity index is 0.978. The molecule has 4 heteroatoms. The fourth-order valence-electron chi connectivity index (χ4n) is 8.70. The summed E-state index contributed by atoms with van der Waals surface area (Å²) in [7, 11) is 0. The Hall–Kier alpha value is -7.82. The third-order valence-electron chi connectivity index (χ3n) is 11.5. The van der Waals surface area contributed by atoms with Gasteiger partial charge in [0.05, 0.1) is 0 Å². The summed E-state index contributed by atoms with van der Waals surface area (Å²) < 4.78 is 19.6. The summed E-state index contributed by atoms with van der Waals surface area (Å²) >= 11 is 0. The number of furan rings is 3. The molecule has 9 aromatic carbocycles. The summed E-state index contributed by atoms with van der Waals surface area (Å²) in [6.45, 7) is 0. The van der Waals surface area contributed by atoms with E-state index in [0.29, 0.717) is 0 Å². The largest absolute Gasteiger partial charge is 0.456 e. The van der Waals surface area contributed by atoms with E-state index in [-0.39, 0.29) is 0 Å². The Morgan fingerprint density at radius 1 is 0.259 bits per heavy atom. The van der Waals surface area contributed by atoms with E-state index in [0.717, 1.165) is 116 Å². The monoisotopic (exact) mass is 743 g/mol. The molecule has 0 saturated heterocycles. The number of para-hydroxylation sites is 3. The molecule has 0 aliphatic carbocycles. The van der Waals surface area contributed by atoms with Crippen LogP contribution in [0.4, 0.5) is 17.1 Å². The molecule has 12 aromatic rings. The second-order valence-corrected chi connectivity index (χ2v) is 14.9. The molecule has 12 rings (SSSR count). The predicted molar refractivity (Wildman–Crippen MR) is 239 cm³/mol. The van der Waals surface area contributed by atoms with Gasteiger partial charge in [-0.05, 0) is 76.9 Å². The zero-order valence-corrected chi connectivity index (χ0v) is 31.2. The van der Waals surface area contributed by atoms with E-state index in [4.69, 9.17) is 13.3 Å². The second kappa shape index (κ2) is 12.9. The van der Waals surface area contributed by atoms with Crippen molar-refractivity contribution in [3.8, 4) is 33.4 Å². The third kappa shape index (κ3) is 5.16. The van der Waals surface area contributed by atoms with Crippen molar-refractivity contribution in [3.05, 3.63) is 200 Å². The molecule has 0 aliphatic rings. The summed E-state index contributed by atoms with van der Waals surface area (Å²) in [6.07, 6.45) is 0. The number of rotatable bonds is 6. The normalized spacial score (nSPS) is 11.8. The highest BCUT2D eigenvalue weighted by molar-refractivity contribution is 6.12. The van der Waals surface area contributed by atoms with Gasteiger partial charge in [0.25, 0.3) is 0 Å². The van der Waals surface area contributed by atoms with Crippen molar-refractivity contribution in [1.82, 2.24) is 0 Å². The van der Waals surface area contributed by atoms with Crippen LogP contribution >= 0.6 is 0 Å². The Morgan fingerprint density at radius 2 is 0.741 bits per heavy atom. The Bertz CT molecular complexity index is 3500. The minimum absolute atomic E-state index is 0.832. The van der Waals surface area contributed by atoms with Crippen LogP contribution in [0.1, 0.15) is 0 Å². The highest BCUT2D eigenvalue weighted by Gasteiger charge is 2.19. The fourth-order valence-corrected chi connectivity index (χ4v) is 8.70. The maximum absolute atomic E-state index is 6.73. The van der Waals surface area contributed by atoms with Gasteiger partial charge < -0.3 is 18.2 Å². The van der Waals surface area contributed by atoms with Gasteiger partial charge in [0.15, 0.2) is 0 Å². The van der Waals surface area contributed by atoms with E-state index in [1.807, 2.05) is 24.3 Å². The number of benzene rings is 9. The van der Waals surface area contributed by atoms with Crippen LogP contribution in [0.2, 0.25) is 0 Å². The van der Waals surface area contributed by atoms with Crippen molar-refractivity contribution in [2.24, 2.45) is 0 Å². The van der Waals surface area contributed by atoms with Crippen molar-refractivity contribution in [1.29, 1.82) is 0 Å². The molecule has 3 aromatic heterocycles. The molecule has 0 amide bonds. The van der Waals surface area contributed by atoms with E-state index in [1.54, 1.807) is 0 Å². The molecule has 0 radical (unpaired) electrons. The first-order chi connectivity index (χ1) is 28.7. The lowest BCUT2D eigenvalue weighted by Crippen LogP contribution is -2.09. The van der Waals surface area contributed by atoms with Gasteiger partial charge in [0.2, 0.25) is 0 Å². The van der Waals surface area contributed by atoms with E-state index in [2.05, 4.69) is 181 Å². The average Bonchev–Trinajstić information content (AvgIpc) is 3.98. The SMILES string of the molecule is c1ccc(-c2cccc3c2oc2cc(N(c4ccc(-c5ccc6oc7c(-c8ccccc8)cccc7c6c5)cc4)c4ccc5c(c4)oc4ccccc45)ccc23)cc1. The van der Waals surface area contributed by atoms with Crippen LogP contribution in [-0.2, 0) is 0 Å². The van der Waals surface area contributed by atoms with Gasteiger partial charge in [-0.25, -0.2) is 0 Å². The molecule has 272 valence electrons. The summed E-state index contributed by atoms with van der Waals surface area (Å²) in [4.78, 5) is 2.28. The van der Waals surface area contributed by atoms with Crippen molar-refractivity contribution >= 4 is 82.9 Å². The first-order valence-corrected chi connectivity index (χ1v) is 19.6. The van der Waals surface area contributed by atoms with Gasteiger partial charge in [0.1, 0.15) is 33.5 Å². The maximum atomic E-state index is 6.73. The lowest BCUT2D eigenvalue weighted by molar-refractivity contribution is 0.669. The lowest BCUT2D eigenvalue weighted by atomic mass is 10.00. The lowest BCUT2D eigenvalue weighted by Gasteiger charge is -2.25. The van der Waals surface area contributed by atoms with Crippen LogP contribution in [0.3, 0.4) is 0 Å². The van der Waals surface area contributed by atoms with Crippen molar-refractivity contribution in [3.63, 3.8) is 0 Å². The van der Waals surface area contributed by atoms with Gasteiger partial charge in [-0.3, -0.25) is 0 Å². The number of hydrogen-bond acceptors (Lipinski definition) is 4. The van der Waals surface area contributed by atoms with Gasteiger partial charge in [-0.2, -0.15) is 0 Å². The molecule has 0 N–H and O–H groups in total. The summed E-state index contributed by atoms with van der Waals surface area (Å²) in [5.41, 5.74) is 14.9. The van der Waals surface area contributed by atoms with Crippen LogP contribution in [-0.4, -0.2) is 0 Å². The quantitative estimate of drug-likeness (QED) is 0.170. The average molecular weight is 744 g/mol. The number of hydrogen-bond donors (Lipinski definition) is 0. The van der Waals surface area contributed by atoms with E-state index < -0.39 is 0 Å². The van der Waals surface area contributed by atoms with Crippen molar-refractivity contribution in [2.45, 2.75) is 0 Å². The summed E-state index contributed by atoms with van der Waals surface area (Å²) in [5.74, 6) is 0. The zero-order valence-electron chi connectivity index (χ0n) is 31.2. The second-order valence-electron chi connectivity index (χ2n) is 14.9. The molecular formula is C54H33NO3. The van der Waals surface area contributed by atoms with E-state index >= 15 is 0 Å². The van der Waals surface area contributed by atoms with Crippen LogP contribution in [0.25, 0.3) is 99.2 Å². The van der Waals surface area contributed by atoms with Crippen molar-refractivity contribution < 1.29 is 13.3 Å². The molecule has 0 atom stereocenters. The molecule has 0 spiro atoms. The number of fused-ring (bicyclic) bond motifs is 9. The first kappa shape index (κ1) is 32.4. The third-order valence-corrected chi connectivity index (χ3v) is 11.5. The van der Waals surface area contributed by atoms with Crippen molar-refractivity contribution in [2.75, 3.05) is 4.90 Å². The minimum Gasteiger partial charge on any atom is -0.456 e. The molecular weight excluding hydrogens is 711 g/mol. The number of anilines is 3. The number of nitrogens with zero attached hydrogens (tertiary/aromatic N) is 1. The van der Waals surface area contributed by atoms with Gasteiger partial charge >= 0.3 is 0 Å². The van der Waals surface area contributed by atoms with Gasteiger partial charge in [-0.15, -0.1) is 0 Å². The Morgan fingerprint density at radius 3 is 1.41 bits per heavy atom. The maximum Gasteiger partial charge on any atom is 0.143 e. The van der Waals surface area contributed by atoms with Crippen LogP contribution in [0.5, 0.6) is 0 Å². The highest BCUT2D eigenvalue weighted by Crippen LogP contribution is 2.43. The van der Waals surface area contributed by atoms with E-state index in [1.165, 1.54) is 0 Å². The standard InChI is InChI=1S/C54H33NO3/c1-3-11-35(12-4-1)41-16-9-18-46-45-29-27-40(33-52(45)58-53(41)46)55(39-26-28-44-43-15-7-8-20-49(43)56-51(44)32-39)38-24-21-34(22-25-38)37-23-30-50-48(31-37)47-19-10-17-42(54(47)57-50)36-13-5-2-6-14-36/h1-33H. The minimum atomic E-state index is 0.832. The van der Waals surface area contributed by atoms with Gasteiger partial charge in [-0.1, -0.05) is 133 Å². The summed E-state index contributed by atoms with van der Waals surface area (Å²) in [5, 5.41) is 6.59. The van der Waals surface area contributed by atoms with E-state index in [9.17, 15) is 0 Å². The Kier molecular flexibility index (Phi) is 7.20. The molecule has 3 heterocycles. The molecule has 58 heavy (non-hydrogen) atoms. The van der Waals surface area contributed by atoms with Gasteiger partial charge in [0, 0.05) is 72.6 Å². The van der Waals surface area contributed by atoms with Crippen LogP contribution < -0.4 is 4.90 Å². The van der Waals surface area contributed by atoms with Crippen LogP contribution in [0.15, 0.2) is 213 Å².